The minimum Gasteiger partial charge on any atom is -0.462 e. The van der Waals surface area contributed by atoms with Gasteiger partial charge in [0.25, 0.3) is 0 Å². The van der Waals surface area contributed by atoms with Crippen LogP contribution in [0.25, 0.3) is 11.1 Å². The molecule has 1 aromatic heterocycles. The number of aromatic nitrogens is 1. The van der Waals surface area contributed by atoms with Crippen LogP contribution in [0, 0.1) is 0 Å². The molecule has 0 aliphatic heterocycles. The van der Waals surface area contributed by atoms with Crippen molar-refractivity contribution >= 4 is 41.3 Å². The third kappa shape index (κ3) is 5.85. The van der Waals surface area contributed by atoms with E-state index in [-0.39, 0.29) is 12.2 Å². The van der Waals surface area contributed by atoms with Gasteiger partial charge in [-0.2, -0.15) is 0 Å². The number of nitrogens with one attached hydrogen (secondary N) is 4. The van der Waals surface area contributed by atoms with Gasteiger partial charge in [-0.15, -0.1) is 0 Å². The molecule has 0 spiro atoms. The van der Waals surface area contributed by atoms with E-state index in [1.54, 1.807) is 31.2 Å². The molecule has 0 radical (unpaired) electrons. The van der Waals surface area contributed by atoms with Gasteiger partial charge >= 0.3 is 12.0 Å². The number of para-hydroxylation sites is 1. The van der Waals surface area contributed by atoms with Crippen LogP contribution in [0.15, 0.2) is 60.8 Å². The van der Waals surface area contributed by atoms with Gasteiger partial charge in [0.1, 0.15) is 5.82 Å². The number of hydrogen-bond acceptors (Lipinski definition) is 6. The summed E-state index contributed by atoms with van der Waals surface area (Å²) in [6.07, 6.45) is 2.07. The molecular formula is C24H25N5O4. The SMILES string of the molecule is CCNC(=O)Nc1cc(Nc2ccccc2)c(-c2c(NC=O)cccc2C(=O)OCC)cn1. The Kier molecular flexibility index (Phi) is 7.96. The van der Waals surface area contributed by atoms with E-state index in [0.29, 0.717) is 41.3 Å². The van der Waals surface area contributed by atoms with Crippen molar-refractivity contribution in [1.29, 1.82) is 0 Å². The summed E-state index contributed by atoms with van der Waals surface area (Å²) in [4.78, 5) is 40.3. The van der Waals surface area contributed by atoms with Crippen molar-refractivity contribution in [3.63, 3.8) is 0 Å². The van der Waals surface area contributed by atoms with Gasteiger partial charge in [0, 0.05) is 41.3 Å². The van der Waals surface area contributed by atoms with E-state index in [1.807, 2.05) is 37.3 Å². The number of rotatable bonds is 9. The molecule has 0 atom stereocenters. The number of nitrogens with zero attached hydrogens (tertiary/aromatic N) is 1. The monoisotopic (exact) mass is 447 g/mol. The van der Waals surface area contributed by atoms with Gasteiger partial charge in [0.05, 0.1) is 17.9 Å². The Morgan fingerprint density at radius 1 is 1.03 bits per heavy atom. The summed E-state index contributed by atoms with van der Waals surface area (Å²) in [5.41, 5.74) is 3.01. The fourth-order valence-corrected chi connectivity index (χ4v) is 3.23. The summed E-state index contributed by atoms with van der Waals surface area (Å²) in [5.74, 6) is -0.223. The summed E-state index contributed by atoms with van der Waals surface area (Å²) in [5, 5.41) is 11.3. The average Bonchev–Trinajstić information content (AvgIpc) is 2.81. The second-order valence-corrected chi connectivity index (χ2v) is 6.80. The minimum atomic E-state index is -0.530. The highest BCUT2D eigenvalue weighted by molar-refractivity contribution is 6.05. The molecule has 0 aliphatic carbocycles. The van der Waals surface area contributed by atoms with Gasteiger partial charge in [-0.25, -0.2) is 14.6 Å². The minimum absolute atomic E-state index is 0.201. The maximum atomic E-state index is 12.7. The Bertz CT molecular complexity index is 1130. The topological polar surface area (TPSA) is 121 Å². The summed E-state index contributed by atoms with van der Waals surface area (Å²) >= 11 is 0. The predicted molar refractivity (Wildman–Crippen MR) is 128 cm³/mol. The molecular weight excluding hydrogens is 422 g/mol. The standard InChI is InChI=1S/C24H25N5O4/c1-3-25-24(32)29-21-13-20(28-16-9-6-5-7-10-16)18(14-26-21)22-17(23(31)33-4-2)11-8-12-19(22)27-15-30/h5-15H,3-4H2,1-2H3,(H,27,30)(H3,25,26,28,29,32). The Labute approximate surface area is 191 Å². The normalized spacial score (nSPS) is 10.1. The maximum absolute atomic E-state index is 12.7. The molecule has 0 fully saturated rings. The number of anilines is 4. The molecule has 170 valence electrons. The molecule has 3 rings (SSSR count). The van der Waals surface area contributed by atoms with E-state index in [1.165, 1.54) is 6.20 Å². The first-order valence-corrected chi connectivity index (χ1v) is 10.4. The molecule has 0 unspecified atom stereocenters. The zero-order chi connectivity index (χ0) is 23.6. The van der Waals surface area contributed by atoms with E-state index in [2.05, 4.69) is 26.3 Å². The molecule has 4 N–H and O–H groups in total. The molecule has 3 amide bonds. The van der Waals surface area contributed by atoms with Crippen LogP contribution in [0.4, 0.5) is 27.7 Å². The van der Waals surface area contributed by atoms with Crippen LogP contribution in [-0.4, -0.2) is 36.5 Å². The van der Waals surface area contributed by atoms with Crippen LogP contribution < -0.4 is 21.3 Å². The highest BCUT2D eigenvalue weighted by Gasteiger charge is 2.21. The van der Waals surface area contributed by atoms with Gasteiger partial charge in [0.2, 0.25) is 6.41 Å². The van der Waals surface area contributed by atoms with Crippen molar-refractivity contribution in [2.45, 2.75) is 13.8 Å². The van der Waals surface area contributed by atoms with Gasteiger partial charge < -0.3 is 20.7 Å². The molecule has 0 saturated carbocycles. The Hall–Kier alpha value is -4.40. The van der Waals surface area contributed by atoms with Crippen molar-refractivity contribution in [1.82, 2.24) is 10.3 Å². The molecule has 1 heterocycles. The number of pyridine rings is 1. The third-order valence-electron chi connectivity index (χ3n) is 4.58. The molecule has 0 bridgehead atoms. The number of carbonyl (C=O) groups is 3. The van der Waals surface area contributed by atoms with Crippen LogP contribution in [0.3, 0.4) is 0 Å². The van der Waals surface area contributed by atoms with E-state index in [4.69, 9.17) is 4.74 Å². The first-order chi connectivity index (χ1) is 16.1. The third-order valence-corrected chi connectivity index (χ3v) is 4.58. The zero-order valence-corrected chi connectivity index (χ0v) is 18.3. The summed E-state index contributed by atoms with van der Waals surface area (Å²) in [6, 6.07) is 15.6. The largest absolute Gasteiger partial charge is 0.462 e. The lowest BCUT2D eigenvalue weighted by Crippen LogP contribution is -2.28. The van der Waals surface area contributed by atoms with Crippen LogP contribution >= 0.6 is 0 Å². The van der Waals surface area contributed by atoms with Crippen molar-refractivity contribution in [2.24, 2.45) is 0 Å². The average molecular weight is 447 g/mol. The number of ether oxygens (including phenoxy) is 1. The lowest BCUT2D eigenvalue weighted by molar-refractivity contribution is -0.105. The molecule has 3 aromatic rings. The number of benzene rings is 2. The van der Waals surface area contributed by atoms with E-state index >= 15 is 0 Å². The van der Waals surface area contributed by atoms with Crippen molar-refractivity contribution in [3.8, 4) is 11.1 Å². The first-order valence-electron chi connectivity index (χ1n) is 10.4. The summed E-state index contributed by atoms with van der Waals surface area (Å²) in [7, 11) is 0. The van der Waals surface area contributed by atoms with Crippen LogP contribution in [-0.2, 0) is 9.53 Å². The predicted octanol–water partition coefficient (Wildman–Crippen LogP) is 4.38. The number of urea groups is 1. The number of amides is 3. The lowest BCUT2D eigenvalue weighted by atomic mass is 9.97. The number of hydrogen-bond donors (Lipinski definition) is 4. The van der Waals surface area contributed by atoms with Crippen molar-refractivity contribution in [3.05, 3.63) is 66.4 Å². The Morgan fingerprint density at radius 2 is 1.82 bits per heavy atom. The number of esters is 1. The van der Waals surface area contributed by atoms with Crippen LogP contribution in [0.5, 0.6) is 0 Å². The molecule has 9 heteroatoms. The first kappa shape index (κ1) is 23.3. The van der Waals surface area contributed by atoms with Gasteiger partial charge in [-0.05, 0) is 38.1 Å². The highest BCUT2D eigenvalue weighted by Crippen LogP contribution is 2.38. The van der Waals surface area contributed by atoms with E-state index < -0.39 is 12.0 Å². The fraction of sp³-hybridized carbons (Fsp3) is 0.167. The lowest BCUT2D eigenvalue weighted by Gasteiger charge is -2.18. The van der Waals surface area contributed by atoms with Crippen LogP contribution in [0.2, 0.25) is 0 Å². The molecule has 33 heavy (non-hydrogen) atoms. The molecule has 9 nitrogen and oxygen atoms in total. The van der Waals surface area contributed by atoms with Gasteiger partial charge in [0.15, 0.2) is 0 Å². The molecule has 0 saturated heterocycles. The Morgan fingerprint density at radius 3 is 2.52 bits per heavy atom. The molecule has 0 aliphatic rings. The summed E-state index contributed by atoms with van der Waals surface area (Å²) < 4.78 is 5.22. The van der Waals surface area contributed by atoms with Gasteiger partial charge in [-0.3, -0.25) is 10.1 Å². The molecule has 2 aromatic carbocycles. The van der Waals surface area contributed by atoms with Crippen molar-refractivity contribution < 1.29 is 19.1 Å². The second-order valence-electron chi connectivity index (χ2n) is 6.80. The number of carbonyl (C=O) groups excluding carboxylic acids is 3. The quantitative estimate of drug-likeness (QED) is 0.285. The maximum Gasteiger partial charge on any atom is 0.338 e. The second kappa shape index (κ2) is 11.3. The van der Waals surface area contributed by atoms with E-state index in [9.17, 15) is 14.4 Å². The van der Waals surface area contributed by atoms with Crippen molar-refractivity contribution in [2.75, 3.05) is 29.1 Å². The highest BCUT2D eigenvalue weighted by atomic mass is 16.5. The fourth-order valence-electron chi connectivity index (χ4n) is 3.23. The van der Waals surface area contributed by atoms with Crippen LogP contribution in [0.1, 0.15) is 24.2 Å². The smallest absolute Gasteiger partial charge is 0.338 e. The van der Waals surface area contributed by atoms with Gasteiger partial charge in [-0.1, -0.05) is 24.3 Å². The summed E-state index contributed by atoms with van der Waals surface area (Å²) in [6.45, 7) is 4.20. The zero-order valence-electron chi connectivity index (χ0n) is 18.3. The van der Waals surface area contributed by atoms with E-state index in [0.717, 1.165) is 5.69 Å². The Balaban J connectivity index is 2.17.